The van der Waals surface area contributed by atoms with Crippen LogP contribution in [0.1, 0.15) is 39.2 Å². The van der Waals surface area contributed by atoms with E-state index in [1.807, 2.05) is 4.90 Å². The van der Waals surface area contributed by atoms with Crippen molar-refractivity contribution < 1.29 is 19.5 Å². The van der Waals surface area contributed by atoms with Crippen molar-refractivity contribution >= 4 is 29.1 Å². The molecule has 6 nitrogen and oxygen atoms in total. The lowest BCUT2D eigenvalue weighted by atomic mass is 10.1. The summed E-state index contributed by atoms with van der Waals surface area (Å²) in [6.07, 6.45) is 1.27. The van der Waals surface area contributed by atoms with Gasteiger partial charge in [-0.05, 0) is 41.1 Å². The Balaban J connectivity index is 1.47. The van der Waals surface area contributed by atoms with E-state index in [2.05, 4.69) is 11.4 Å². The van der Waals surface area contributed by atoms with Crippen molar-refractivity contribution in [1.82, 2.24) is 9.80 Å². The topological polar surface area (TPSA) is 77.9 Å². The average molecular weight is 386 g/mol. The van der Waals surface area contributed by atoms with Gasteiger partial charge in [-0.15, -0.1) is 11.3 Å². The van der Waals surface area contributed by atoms with Gasteiger partial charge >= 0.3 is 5.97 Å². The largest absolute Gasteiger partial charge is 0.478 e. The van der Waals surface area contributed by atoms with Gasteiger partial charge in [0.25, 0.3) is 0 Å². The third-order valence-electron chi connectivity index (χ3n) is 4.76. The quantitative estimate of drug-likeness (QED) is 0.828. The molecule has 0 unspecified atom stereocenters. The Kier molecular flexibility index (Phi) is 5.91. The first kappa shape index (κ1) is 19.1. The van der Waals surface area contributed by atoms with Crippen LogP contribution in [0.5, 0.6) is 0 Å². The normalized spacial score (nSPS) is 13.1. The summed E-state index contributed by atoms with van der Waals surface area (Å²) in [6.45, 7) is 1.73. The van der Waals surface area contributed by atoms with Crippen LogP contribution in [0, 0.1) is 0 Å². The maximum absolute atomic E-state index is 12.4. The second-order valence-corrected chi connectivity index (χ2v) is 7.69. The van der Waals surface area contributed by atoms with Gasteiger partial charge in [0.05, 0.1) is 5.56 Å². The summed E-state index contributed by atoms with van der Waals surface area (Å²) in [5.41, 5.74) is 2.28. The second kappa shape index (κ2) is 8.35. The molecule has 27 heavy (non-hydrogen) atoms. The predicted octanol–water partition coefficient (Wildman–Crippen LogP) is 2.77. The molecule has 1 N–H and O–H groups in total. The number of thiophene rings is 1. The minimum Gasteiger partial charge on any atom is -0.478 e. The van der Waals surface area contributed by atoms with E-state index < -0.39 is 5.97 Å². The van der Waals surface area contributed by atoms with Crippen molar-refractivity contribution in [3.8, 4) is 0 Å². The molecule has 1 aromatic heterocycles. The van der Waals surface area contributed by atoms with Gasteiger partial charge in [-0.3, -0.25) is 9.59 Å². The van der Waals surface area contributed by atoms with E-state index in [4.69, 9.17) is 5.11 Å². The summed E-state index contributed by atoms with van der Waals surface area (Å²) in [5, 5.41) is 11.0. The van der Waals surface area contributed by atoms with Gasteiger partial charge in [-0.2, -0.15) is 0 Å². The third-order valence-corrected chi connectivity index (χ3v) is 5.78. The Morgan fingerprint density at radius 1 is 1.15 bits per heavy atom. The number of carbonyl (C=O) groups is 3. The Hall–Kier alpha value is -2.67. The zero-order valence-electron chi connectivity index (χ0n) is 15.2. The summed E-state index contributed by atoms with van der Waals surface area (Å²) >= 11 is 1.73. The molecule has 142 valence electrons. The van der Waals surface area contributed by atoms with Crippen LogP contribution in [-0.4, -0.2) is 46.3 Å². The fourth-order valence-corrected chi connectivity index (χ4v) is 4.03. The van der Waals surface area contributed by atoms with Crippen LogP contribution in [0.15, 0.2) is 35.7 Å². The number of carboxylic acids is 1. The number of carbonyl (C=O) groups excluding carboxylic acids is 2. The molecule has 1 aromatic carbocycles. The molecular weight excluding hydrogens is 364 g/mol. The number of rotatable bonds is 6. The van der Waals surface area contributed by atoms with Crippen molar-refractivity contribution in [3.05, 3.63) is 57.3 Å². The van der Waals surface area contributed by atoms with Gasteiger partial charge in [0.15, 0.2) is 0 Å². The molecule has 0 fully saturated rings. The van der Waals surface area contributed by atoms with E-state index in [9.17, 15) is 14.4 Å². The Morgan fingerprint density at radius 2 is 1.89 bits per heavy atom. The predicted molar refractivity (Wildman–Crippen MR) is 103 cm³/mol. The lowest BCUT2D eigenvalue weighted by Gasteiger charge is -2.27. The SMILES string of the molecule is CN(Cc1ccc(C(=O)O)cc1)C(=O)CCC(=O)N1CCc2sccc2C1. The second-order valence-electron chi connectivity index (χ2n) is 6.69. The lowest BCUT2D eigenvalue weighted by Crippen LogP contribution is -2.36. The Labute approximate surface area is 162 Å². The molecule has 0 bridgehead atoms. The molecule has 3 rings (SSSR count). The van der Waals surface area contributed by atoms with Gasteiger partial charge in [0, 0.05) is 44.4 Å². The van der Waals surface area contributed by atoms with Crippen LogP contribution < -0.4 is 0 Å². The van der Waals surface area contributed by atoms with Crippen LogP contribution >= 0.6 is 11.3 Å². The highest BCUT2D eigenvalue weighted by Crippen LogP contribution is 2.24. The van der Waals surface area contributed by atoms with Crippen LogP contribution in [0.4, 0.5) is 0 Å². The van der Waals surface area contributed by atoms with E-state index in [1.165, 1.54) is 22.6 Å². The molecule has 1 aliphatic rings. The maximum Gasteiger partial charge on any atom is 0.335 e. The molecule has 2 heterocycles. The van der Waals surface area contributed by atoms with Gasteiger partial charge < -0.3 is 14.9 Å². The molecule has 0 saturated heterocycles. The minimum absolute atomic E-state index is 0.0133. The van der Waals surface area contributed by atoms with Crippen molar-refractivity contribution in [2.24, 2.45) is 0 Å². The number of nitrogens with zero attached hydrogens (tertiary/aromatic N) is 2. The summed E-state index contributed by atoms with van der Waals surface area (Å²) in [5.74, 6) is -1.06. The standard InChI is InChI=1S/C20H22N2O4S/c1-21(12-14-2-4-15(5-3-14)20(25)26)18(23)6-7-19(24)22-10-8-17-16(13-22)9-11-27-17/h2-5,9,11H,6-8,10,12-13H2,1H3,(H,25,26). The lowest BCUT2D eigenvalue weighted by molar-refractivity contribution is -0.137. The number of carboxylic acid groups (broad SMARTS) is 1. The highest BCUT2D eigenvalue weighted by molar-refractivity contribution is 7.10. The van der Waals surface area contributed by atoms with Crippen LogP contribution in [0.25, 0.3) is 0 Å². The maximum atomic E-state index is 12.4. The average Bonchev–Trinajstić information content (AvgIpc) is 3.13. The van der Waals surface area contributed by atoms with E-state index >= 15 is 0 Å². The first-order chi connectivity index (χ1) is 12.9. The number of aromatic carboxylic acids is 1. The summed E-state index contributed by atoms with van der Waals surface area (Å²) in [6, 6.07) is 8.51. The Bertz CT molecular complexity index is 844. The third kappa shape index (κ3) is 4.74. The number of benzene rings is 1. The fraction of sp³-hybridized carbons (Fsp3) is 0.350. The van der Waals surface area contributed by atoms with Crippen molar-refractivity contribution in [2.75, 3.05) is 13.6 Å². The minimum atomic E-state index is -0.975. The summed E-state index contributed by atoms with van der Waals surface area (Å²) < 4.78 is 0. The van der Waals surface area contributed by atoms with Crippen molar-refractivity contribution in [1.29, 1.82) is 0 Å². The van der Waals surface area contributed by atoms with Crippen LogP contribution in [-0.2, 0) is 29.1 Å². The van der Waals surface area contributed by atoms with Crippen LogP contribution in [0.3, 0.4) is 0 Å². The molecule has 1 aliphatic heterocycles. The van der Waals surface area contributed by atoms with E-state index in [0.717, 1.165) is 12.0 Å². The van der Waals surface area contributed by atoms with E-state index in [-0.39, 0.29) is 30.2 Å². The Morgan fingerprint density at radius 3 is 2.59 bits per heavy atom. The smallest absolute Gasteiger partial charge is 0.335 e. The molecule has 2 aromatic rings. The first-order valence-corrected chi connectivity index (χ1v) is 9.71. The zero-order chi connectivity index (χ0) is 19.4. The van der Waals surface area contributed by atoms with Gasteiger partial charge in [-0.1, -0.05) is 12.1 Å². The number of hydrogen-bond donors (Lipinski definition) is 1. The molecule has 2 amide bonds. The fourth-order valence-electron chi connectivity index (χ4n) is 3.14. The molecular formula is C20H22N2O4S. The number of fused-ring (bicyclic) bond motifs is 1. The van der Waals surface area contributed by atoms with Crippen LogP contribution in [0.2, 0.25) is 0 Å². The zero-order valence-corrected chi connectivity index (χ0v) is 16.0. The molecule has 0 saturated carbocycles. The van der Waals surface area contributed by atoms with Gasteiger partial charge in [0.1, 0.15) is 0 Å². The summed E-state index contributed by atoms with van der Waals surface area (Å²) in [7, 11) is 1.69. The van der Waals surface area contributed by atoms with Gasteiger partial charge in [0.2, 0.25) is 11.8 Å². The van der Waals surface area contributed by atoms with E-state index in [1.54, 1.807) is 35.4 Å². The molecule has 7 heteroatoms. The number of hydrogen-bond acceptors (Lipinski definition) is 4. The highest BCUT2D eigenvalue weighted by atomic mass is 32.1. The molecule has 0 spiro atoms. The molecule has 0 aliphatic carbocycles. The highest BCUT2D eigenvalue weighted by Gasteiger charge is 2.22. The van der Waals surface area contributed by atoms with Crippen molar-refractivity contribution in [3.63, 3.8) is 0 Å². The molecule has 0 atom stereocenters. The molecule has 0 radical (unpaired) electrons. The monoisotopic (exact) mass is 386 g/mol. The number of amides is 2. The van der Waals surface area contributed by atoms with Crippen molar-refractivity contribution in [2.45, 2.75) is 32.4 Å². The van der Waals surface area contributed by atoms with Gasteiger partial charge in [-0.25, -0.2) is 4.79 Å². The van der Waals surface area contributed by atoms with E-state index in [0.29, 0.717) is 19.6 Å². The first-order valence-electron chi connectivity index (χ1n) is 8.83. The summed E-state index contributed by atoms with van der Waals surface area (Å²) in [4.78, 5) is 40.4.